The van der Waals surface area contributed by atoms with Crippen LogP contribution >= 0.6 is 0 Å². The lowest BCUT2D eigenvalue weighted by atomic mass is 9.95. The maximum atomic E-state index is 6.03. The van der Waals surface area contributed by atoms with Gasteiger partial charge in [0.25, 0.3) is 0 Å². The summed E-state index contributed by atoms with van der Waals surface area (Å²) in [5, 5.41) is 3.62. The van der Waals surface area contributed by atoms with Crippen molar-refractivity contribution in [1.82, 2.24) is 10.2 Å². The highest BCUT2D eigenvalue weighted by molar-refractivity contribution is 5.27. The Hall–Kier alpha value is -0.900. The number of nitrogens with one attached hydrogen (secondary N) is 1. The first-order valence-corrected chi connectivity index (χ1v) is 8.22. The van der Waals surface area contributed by atoms with Crippen LogP contribution in [0.5, 0.6) is 0 Å². The molecule has 0 bridgehead atoms. The van der Waals surface area contributed by atoms with Crippen LogP contribution < -0.4 is 5.32 Å². The minimum absolute atomic E-state index is 0.234. The lowest BCUT2D eigenvalue weighted by Gasteiger charge is -2.36. The zero-order chi connectivity index (χ0) is 15.2. The summed E-state index contributed by atoms with van der Waals surface area (Å²) in [5.41, 5.74) is 2.78. The standard InChI is InChI=1S/C18H30N2O/c1-5-19-18(17-13-20(4)9-10-21-17)16-8-6-7-15(12-16)11-14(2)3/h6-8,12,14,17-19H,5,9-11,13H2,1-4H3. The fraction of sp³-hybridized carbons (Fsp3) is 0.667. The Morgan fingerprint density at radius 2 is 2.19 bits per heavy atom. The van der Waals surface area contributed by atoms with E-state index in [1.807, 2.05) is 0 Å². The quantitative estimate of drug-likeness (QED) is 0.872. The molecule has 118 valence electrons. The topological polar surface area (TPSA) is 24.5 Å². The van der Waals surface area contributed by atoms with Gasteiger partial charge in [-0.05, 0) is 37.1 Å². The molecule has 1 saturated heterocycles. The number of rotatable bonds is 6. The largest absolute Gasteiger partial charge is 0.374 e. The predicted molar refractivity (Wildman–Crippen MR) is 88.6 cm³/mol. The summed E-state index contributed by atoms with van der Waals surface area (Å²) >= 11 is 0. The van der Waals surface area contributed by atoms with Gasteiger partial charge in [0.05, 0.1) is 18.8 Å². The van der Waals surface area contributed by atoms with Crippen LogP contribution in [-0.2, 0) is 11.2 Å². The molecule has 1 aromatic rings. The van der Waals surface area contributed by atoms with Gasteiger partial charge in [-0.1, -0.05) is 45.0 Å². The SMILES string of the molecule is CCNC(c1cccc(CC(C)C)c1)C1CN(C)CCO1. The van der Waals surface area contributed by atoms with Crippen LogP contribution in [0.2, 0.25) is 0 Å². The lowest BCUT2D eigenvalue weighted by Crippen LogP contribution is -2.46. The average Bonchev–Trinajstić information content (AvgIpc) is 2.44. The van der Waals surface area contributed by atoms with Gasteiger partial charge in [0.15, 0.2) is 0 Å². The molecule has 2 unspecified atom stereocenters. The molecular formula is C18H30N2O. The van der Waals surface area contributed by atoms with Crippen molar-refractivity contribution >= 4 is 0 Å². The predicted octanol–water partition coefficient (Wildman–Crippen LogP) is 2.87. The molecule has 1 aliphatic heterocycles. The second-order valence-electron chi connectivity index (χ2n) is 6.55. The molecule has 1 heterocycles. The monoisotopic (exact) mass is 290 g/mol. The number of hydrogen-bond acceptors (Lipinski definition) is 3. The Balaban J connectivity index is 2.16. The lowest BCUT2D eigenvalue weighted by molar-refractivity contribution is -0.0390. The minimum Gasteiger partial charge on any atom is -0.374 e. The first kappa shape index (κ1) is 16.5. The highest BCUT2D eigenvalue weighted by Crippen LogP contribution is 2.24. The van der Waals surface area contributed by atoms with Crippen molar-refractivity contribution in [3.8, 4) is 0 Å². The first-order valence-electron chi connectivity index (χ1n) is 8.22. The van der Waals surface area contributed by atoms with E-state index in [0.717, 1.165) is 32.7 Å². The summed E-state index contributed by atoms with van der Waals surface area (Å²) in [6, 6.07) is 9.29. The van der Waals surface area contributed by atoms with Crippen molar-refractivity contribution < 1.29 is 4.74 Å². The molecule has 3 nitrogen and oxygen atoms in total. The summed E-state index contributed by atoms with van der Waals surface area (Å²) in [7, 11) is 2.17. The van der Waals surface area contributed by atoms with Gasteiger partial charge in [0, 0.05) is 13.1 Å². The number of hydrogen-bond donors (Lipinski definition) is 1. The fourth-order valence-corrected chi connectivity index (χ4v) is 3.08. The zero-order valence-electron chi connectivity index (χ0n) is 13.9. The molecule has 2 atom stereocenters. The Kier molecular flexibility index (Phi) is 6.22. The maximum Gasteiger partial charge on any atom is 0.0896 e. The van der Waals surface area contributed by atoms with Crippen molar-refractivity contribution in [2.24, 2.45) is 5.92 Å². The van der Waals surface area contributed by atoms with Crippen LogP contribution in [0, 0.1) is 5.92 Å². The number of likely N-dealkylation sites (N-methyl/N-ethyl adjacent to an activating group) is 2. The van der Waals surface area contributed by atoms with Crippen molar-refractivity contribution in [3.05, 3.63) is 35.4 Å². The summed E-state index contributed by atoms with van der Waals surface area (Å²) in [6.07, 6.45) is 1.37. The van der Waals surface area contributed by atoms with Crippen LogP contribution in [0.15, 0.2) is 24.3 Å². The van der Waals surface area contributed by atoms with Gasteiger partial charge >= 0.3 is 0 Å². The molecule has 0 amide bonds. The van der Waals surface area contributed by atoms with Gasteiger partial charge in [0.1, 0.15) is 0 Å². The van der Waals surface area contributed by atoms with E-state index in [0.29, 0.717) is 5.92 Å². The molecule has 1 N–H and O–H groups in total. The second kappa shape index (κ2) is 7.92. The molecule has 1 fully saturated rings. The van der Waals surface area contributed by atoms with E-state index in [-0.39, 0.29) is 12.1 Å². The van der Waals surface area contributed by atoms with Crippen LogP contribution in [0.1, 0.15) is 37.9 Å². The van der Waals surface area contributed by atoms with E-state index in [2.05, 4.69) is 62.3 Å². The maximum absolute atomic E-state index is 6.03. The van der Waals surface area contributed by atoms with Crippen LogP contribution in [0.25, 0.3) is 0 Å². The molecule has 21 heavy (non-hydrogen) atoms. The number of ether oxygens (including phenoxy) is 1. The third-order valence-electron chi connectivity index (χ3n) is 4.05. The van der Waals surface area contributed by atoms with Gasteiger partial charge in [-0.15, -0.1) is 0 Å². The molecule has 1 aliphatic rings. The Morgan fingerprint density at radius 3 is 2.86 bits per heavy atom. The van der Waals surface area contributed by atoms with Gasteiger partial charge < -0.3 is 15.0 Å². The first-order chi connectivity index (χ1) is 10.1. The normalized spacial score (nSPS) is 21.7. The van der Waals surface area contributed by atoms with Gasteiger partial charge in [0.2, 0.25) is 0 Å². The highest BCUT2D eigenvalue weighted by atomic mass is 16.5. The number of nitrogens with zero attached hydrogens (tertiary/aromatic N) is 1. The average molecular weight is 290 g/mol. The Bertz CT molecular complexity index is 433. The van der Waals surface area contributed by atoms with E-state index in [4.69, 9.17) is 4.74 Å². The van der Waals surface area contributed by atoms with E-state index in [1.165, 1.54) is 11.1 Å². The summed E-state index contributed by atoms with van der Waals surface area (Å²) in [4.78, 5) is 2.36. The molecule has 1 aromatic carbocycles. The van der Waals surface area contributed by atoms with Crippen molar-refractivity contribution in [1.29, 1.82) is 0 Å². The smallest absolute Gasteiger partial charge is 0.0896 e. The molecular weight excluding hydrogens is 260 g/mol. The van der Waals surface area contributed by atoms with Crippen molar-refractivity contribution in [2.75, 3.05) is 33.3 Å². The second-order valence-corrected chi connectivity index (χ2v) is 6.55. The molecule has 0 aliphatic carbocycles. The van der Waals surface area contributed by atoms with Crippen LogP contribution in [-0.4, -0.2) is 44.3 Å². The summed E-state index contributed by atoms with van der Waals surface area (Å²) in [5.74, 6) is 0.690. The van der Waals surface area contributed by atoms with Gasteiger partial charge in [-0.25, -0.2) is 0 Å². The minimum atomic E-state index is 0.234. The van der Waals surface area contributed by atoms with E-state index in [9.17, 15) is 0 Å². The summed E-state index contributed by atoms with van der Waals surface area (Å²) < 4.78 is 6.03. The highest BCUT2D eigenvalue weighted by Gasteiger charge is 2.27. The number of benzene rings is 1. The van der Waals surface area contributed by atoms with E-state index < -0.39 is 0 Å². The summed E-state index contributed by atoms with van der Waals surface area (Å²) in [6.45, 7) is 10.5. The molecule has 2 rings (SSSR count). The fourth-order valence-electron chi connectivity index (χ4n) is 3.08. The Morgan fingerprint density at radius 1 is 1.38 bits per heavy atom. The molecule has 0 spiro atoms. The van der Waals surface area contributed by atoms with Crippen LogP contribution in [0.3, 0.4) is 0 Å². The molecule has 0 aromatic heterocycles. The molecule has 0 saturated carbocycles. The van der Waals surface area contributed by atoms with Crippen LogP contribution in [0.4, 0.5) is 0 Å². The third-order valence-corrected chi connectivity index (χ3v) is 4.05. The number of morpholine rings is 1. The van der Waals surface area contributed by atoms with Crippen molar-refractivity contribution in [2.45, 2.75) is 39.3 Å². The van der Waals surface area contributed by atoms with E-state index >= 15 is 0 Å². The van der Waals surface area contributed by atoms with Gasteiger partial charge in [-0.2, -0.15) is 0 Å². The Labute approximate surface area is 129 Å². The van der Waals surface area contributed by atoms with Gasteiger partial charge in [-0.3, -0.25) is 0 Å². The molecule has 0 radical (unpaired) electrons. The third kappa shape index (κ3) is 4.80. The van der Waals surface area contributed by atoms with Crippen molar-refractivity contribution in [3.63, 3.8) is 0 Å². The molecule has 3 heteroatoms. The zero-order valence-corrected chi connectivity index (χ0v) is 13.9. The van der Waals surface area contributed by atoms with E-state index in [1.54, 1.807) is 0 Å².